The van der Waals surface area contributed by atoms with E-state index in [2.05, 4.69) is 42.2 Å². The van der Waals surface area contributed by atoms with Crippen molar-refractivity contribution in [2.45, 2.75) is 25.9 Å². The molecule has 1 saturated heterocycles. The van der Waals surface area contributed by atoms with Crippen molar-refractivity contribution < 1.29 is 9.53 Å². The van der Waals surface area contributed by atoms with Gasteiger partial charge in [0.1, 0.15) is 11.9 Å². The minimum Gasteiger partial charge on any atom is -0.490 e. The fraction of sp³-hybridized carbons (Fsp3) is 0.273. The van der Waals surface area contributed by atoms with Crippen LogP contribution in [0.5, 0.6) is 5.75 Å². The number of benzene rings is 2. The van der Waals surface area contributed by atoms with E-state index in [1.165, 1.54) is 11.1 Å². The third-order valence-corrected chi connectivity index (χ3v) is 5.43. The van der Waals surface area contributed by atoms with E-state index in [-0.39, 0.29) is 11.5 Å². The van der Waals surface area contributed by atoms with Gasteiger partial charge in [-0.15, -0.1) is 0 Å². The molecule has 1 aromatic heterocycles. The van der Waals surface area contributed by atoms with Gasteiger partial charge in [0.25, 0.3) is 0 Å². The first-order valence-electron chi connectivity index (χ1n) is 9.17. The number of aromatic nitrogens is 1. The summed E-state index contributed by atoms with van der Waals surface area (Å²) in [5, 5.41) is 0.776. The topological polar surface area (TPSA) is 42.4 Å². The summed E-state index contributed by atoms with van der Waals surface area (Å²) in [5.41, 5.74) is 4.55. The van der Waals surface area contributed by atoms with E-state index >= 15 is 0 Å². The molecule has 0 aliphatic carbocycles. The molecule has 0 bridgehead atoms. The number of carbonyl (C=O) groups is 1. The SMILES string of the molecule is Cc1c(-c2ccc(OC3CCN(C(=O)Cl)CC3)cc2)ccc2cccnc12. The monoisotopic (exact) mass is 380 g/mol. The van der Waals surface area contributed by atoms with Gasteiger partial charge in [0, 0.05) is 37.5 Å². The predicted octanol–water partition coefficient (Wildman–Crippen LogP) is 5.41. The minimum atomic E-state index is -0.377. The van der Waals surface area contributed by atoms with E-state index < -0.39 is 0 Å². The van der Waals surface area contributed by atoms with Crippen LogP contribution in [0.3, 0.4) is 0 Å². The predicted molar refractivity (Wildman–Crippen MR) is 108 cm³/mol. The van der Waals surface area contributed by atoms with E-state index in [1.54, 1.807) is 4.90 Å². The van der Waals surface area contributed by atoms with Gasteiger partial charge in [0.15, 0.2) is 0 Å². The Bertz CT molecular complexity index is 964. The van der Waals surface area contributed by atoms with E-state index in [1.807, 2.05) is 24.4 Å². The van der Waals surface area contributed by atoms with Crippen LogP contribution in [0.1, 0.15) is 18.4 Å². The lowest BCUT2D eigenvalue weighted by Crippen LogP contribution is -2.39. The van der Waals surface area contributed by atoms with Crippen molar-refractivity contribution in [3.63, 3.8) is 0 Å². The van der Waals surface area contributed by atoms with Crippen molar-refractivity contribution in [1.29, 1.82) is 0 Å². The normalized spacial score (nSPS) is 15.1. The first kappa shape index (κ1) is 17.8. The number of halogens is 1. The van der Waals surface area contributed by atoms with Gasteiger partial charge in [-0.25, -0.2) is 0 Å². The molecule has 1 fully saturated rings. The molecule has 0 spiro atoms. The summed E-state index contributed by atoms with van der Waals surface area (Å²) in [5.74, 6) is 0.853. The standard InChI is InChI=1S/C22H21ClN2O2/c1-15-20(9-6-17-3-2-12-24-21(15)17)16-4-7-18(8-5-16)27-19-10-13-25(14-11-19)22(23)26/h2-9,12,19H,10-11,13-14H2,1H3. The molecule has 1 amide bonds. The average molecular weight is 381 g/mol. The molecular formula is C22H21ClN2O2. The number of carbonyl (C=O) groups excluding carboxylic acids is 1. The second kappa shape index (κ2) is 7.57. The number of aryl methyl sites for hydroxylation is 1. The molecule has 0 saturated carbocycles. The molecule has 0 atom stereocenters. The van der Waals surface area contributed by atoms with Gasteiger partial charge in [-0.2, -0.15) is 0 Å². The highest BCUT2D eigenvalue weighted by Gasteiger charge is 2.22. The zero-order valence-electron chi connectivity index (χ0n) is 15.2. The number of nitrogens with zero attached hydrogens (tertiary/aromatic N) is 2. The molecule has 3 aromatic rings. The minimum absolute atomic E-state index is 0.120. The number of piperidine rings is 1. The maximum atomic E-state index is 11.2. The Morgan fingerprint density at radius 1 is 1.11 bits per heavy atom. The van der Waals surface area contributed by atoms with Gasteiger partial charge >= 0.3 is 5.37 Å². The fourth-order valence-electron chi connectivity index (χ4n) is 3.66. The van der Waals surface area contributed by atoms with E-state index in [0.29, 0.717) is 13.1 Å². The lowest BCUT2D eigenvalue weighted by atomic mass is 9.98. The van der Waals surface area contributed by atoms with Crippen molar-refractivity contribution >= 4 is 27.9 Å². The van der Waals surface area contributed by atoms with Crippen molar-refractivity contribution in [2.24, 2.45) is 0 Å². The second-order valence-electron chi connectivity index (χ2n) is 6.89. The summed E-state index contributed by atoms with van der Waals surface area (Å²) < 4.78 is 6.08. The molecule has 1 aliphatic heterocycles. The van der Waals surface area contributed by atoms with Crippen LogP contribution < -0.4 is 4.74 Å². The van der Waals surface area contributed by atoms with Crippen LogP contribution in [0.25, 0.3) is 22.0 Å². The van der Waals surface area contributed by atoms with Crippen LogP contribution in [0.2, 0.25) is 0 Å². The summed E-state index contributed by atoms with van der Waals surface area (Å²) in [6.07, 6.45) is 3.56. The highest BCUT2D eigenvalue weighted by atomic mass is 35.5. The molecule has 138 valence electrons. The Morgan fingerprint density at radius 3 is 2.56 bits per heavy atom. The Hall–Kier alpha value is -2.59. The zero-order valence-corrected chi connectivity index (χ0v) is 15.9. The summed E-state index contributed by atoms with van der Waals surface area (Å²) in [4.78, 5) is 17.4. The number of fused-ring (bicyclic) bond motifs is 1. The Morgan fingerprint density at radius 2 is 1.85 bits per heavy atom. The smallest absolute Gasteiger partial charge is 0.316 e. The number of pyridine rings is 1. The molecule has 5 heteroatoms. The van der Waals surface area contributed by atoms with Gasteiger partial charge in [0.2, 0.25) is 0 Å². The molecule has 2 heterocycles. The van der Waals surface area contributed by atoms with Crippen LogP contribution in [-0.4, -0.2) is 34.4 Å². The Kier molecular flexibility index (Phi) is 4.99. The Balaban J connectivity index is 1.48. The summed E-state index contributed by atoms with van der Waals surface area (Å²) >= 11 is 5.53. The number of hydrogen-bond donors (Lipinski definition) is 0. The molecule has 0 N–H and O–H groups in total. The number of rotatable bonds is 3. The maximum absolute atomic E-state index is 11.2. The molecule has 2 aromatic carbocycles. The van der Waals surface area contributed by atoms with Crippen molar-refractivity contribution in [3.05, 3.63) is 60.3 Å². The summed E-state index contributed by atoms with van der Waals surface area (Å²) in [6, 6.07) is 16.5. The third kappa shape index (κ3) is 3.76. The summed E-state index contributed by atoms with van der Waals surface area (Å²) in [6.45, 7) is 3.41. The van der Waals surface area contributed by atoms with Gasteiger partial charge < -0.3 is 9.64 Å². The molecular weight excluding hydrogens is 360 g/mol. The van der Waals surface area contributed by atoms with Crippen LogP contribution in [-0.2, 0) is 0 Å². The maximum Gasteiger partial charge on any atom is 0.316 e. The van der Waals surface area contributed by atoms with Crippen LogP contribution in [0.4, 0.5) is 4.79 Å². The number of amides is 1. The molecule has 0 radical (unpaired) electrons. The lowest BCUT2D eigenvalue weighted by molar-refractivity contribution is 0.118. The number of ether oxygens (including phenoxy) is 1. The lowest BCUT2D eigenvalue weighted by Gasteiger charge is -2.30. The molecule has 1 aliphatic rings. The van der Waals surface area contributed by atoms with Gasteiger partial charge in [-0.05, 0) is 53.4 Å². The van der Waals surface area contributed by atoms with E-state index in [0.717, 1.165) is 35.1 Å². The molecule has 27 heavy (non-hydrogen) atoms. The van der Waals surface area contributed by atoms with Crippen LogP contribution in [0, 0.1) is 6.92 Å². The first-order chi connectivity index (χ1) is 13.1. The molecule has 0 unspecified atom stereocenters. The molecule has 4 rings (SSSR count). The van der Waals surface area contributed by atoms with Gasteiger partial charge in [0.05, 0.1) is 5.52 Å². The quantitative estimate of drug-likeness (QED) is 0.450. The largest absolute Gasteiger partial charge is 0.490 e. The van der Waals surface area contributed by atoms with E-state index in [9.17, 15) is 4.79 Å². The summed E-state index contributed by atoms with van der Waals surface area (Å²) in [7, 11) is 0. The van der Waals surface area contributed by atoms with Crippen LogP contribution >= 0.6 is 11.6 Å². The zero-order chi connectivity index (χ0) is 18.8. The van der Waals surface area contributed by atoms with Gasteiger partial charge in [-0.3, -0.25) is 9.78 Å². The number of likely N-dealkylation sites (tertiary alicyclic amines) is 1. The third-order valence-electron chi connectivity index (χ3n) is 5.19. The van der Waals surface area contributed by atoms with Crippen LogP contribution in [0.15, 0.2) is 54.7 Å². The number of hydrogen-bond acceptors (Lipinski definition) is 3. The van der Waals surface area contributed by atoms with Crippen molar-refractivity contribution in [3.8, 4) is 16.9 Å². The highest BCUT2D eigenvalue weighted by molar-refractivity contribution is 6.62. The first-order valence-corrected chi connectivity index (χ1v) is 9.55. The van der Waals surface area contributed by atoms with E-state index in [4.69, 9.17) is 16.3 Å². The highest BCUT2D eigenvalue weighted by Crippen LogP contribution is 2.30. The Labute approximate surface area is 163 Å². The average Bonchev–Trinajstić information content (AvgIpc) is 2.70. The molecule has 4 nitrogen and oxygen atoms in total. The van der Waals surface area contributed by atoms with Crippen molar-refractivity contribution in [1.82, 2.24) is 9.88 Å². The second-order valence-corrected chi connectivity index (χ2v) is 7.22. The van der Waals surface area contributed by atoms with Crippen molar-refractivity contribution in [2.75, 3.05) is 13.1 Å². The fourth-order valence-corrected chi connectivity index (χ4v) is 3.83. The van der Waals surface area contributed by atoms with Gasteiger partial charge in [-0.1, -0.05) is 30.3 Å².